The largest absolute Gasteiger partial charge is 0.357 e. The van der Waals surface area contributed by atoms with Gasteiger partial charge in [0, 0.05) is 46.0 Å². The minimum absolute atomic E-state index is 0.0906. The molecular formula is C18H31N7O. The Labute approximate surface area is 155 Å². The number of hydrogen-bond acceptors (Lipinski definition) is 4. The van der Waals surface area contributed by atoms with Gasteiger partial charge in [0.25, 0.3) is 0 Å². The monoisotopic (exact) mass is 361 g/mol. The highest BCUT2D eigenvalue weighted by molar-refractivity contribution is 5.98. The second-order valence-electron chi connectivity index (χ2n) is 7.08. The van der Waals surface area contributed by atoms with Gasteiger partial charge in [-0.2, -0.15) is 5.10 Å². The van der Waals surface area contributed by atoms with Crippen LogP contribution in [-0.2, 0) is 11.8 Å². The highest BCUT2D eigenvalue weighted by Crippen LogP contribution is 2.18. The number of amides is 1. The van der Waals surface area contributed by atoms with Crippen molar-refractivity contribution in [3.63, 3.8) is 0 Å². The maximum atomic E-state index is 12.6. The van der Waals surface area contributed by atoms with Gasteiger partial charge in [-0.05, 0) is 32.4 Å². The fraction of sp³-hybridized carbons (Fsp3) is 0.722. The molecule has 8 heteroatoms. The summed E-state index contributed by atoms with van der Waals surface area (Å²) in [5.74, 6) is 1.57. The van der Waals surface area contributed by atoms with Crippen molar-refractivity contribution in [1.29, 1.82) is 0 Å². The van der Waals surface area contributed by atoms with E-state index in [4.69, 9.17) is 4.99 Å². The molecule has 0 bridgehead atoms. The molecule has 1 amide bonds. The molecule has 144 valence electrons. The van der Waals surface area contributed by atoms with Gasteiger partial charge in [0.05, 0.1) is 11.9 Å². The van der Waals surface area contributed by atoms with Crippen LogP contribution < -0.4 is 10.2 Å². The third-order valence-electron chi connectivity index (χ3n) is 5.17. The second-order valence-corrected chi connectivity index (χ2v) is 7.08. The normalized spacial score (nSPS) is 22.3. The molecule has 0 radical (unpaired) electrons. The van der Waals surface area contributed by atoms with Crippen LogP contribution in [0, 0.1) is 5.92 Å². The molecule has 3 heterocycles. The van der Waals surface area contributed by atoms with Crippen LogP contribution in [0.4, 0.5) is 5.69 Å². The molecular weight excluding hydrogens is 330 g/mol. The standard InChI is InChI=1S/C18H31N7O/c1-4-19-18(20-10-15-6-7-23(5-2)12-15)24-8-9-25(17(26)14-24)16-11-21-22(3)13-16/h11,13,15H,4-10,12,14H2,1-3H3,(H,19,20). The average molecular weight is 361 g/mol. The van der Waals surface area contributed by atoms with E-state index in [0.717, 1.165) is 44.4 Å². The van der Waals surface area contributed by atoms with Gasteiger partial charge in [0.2, 0.25) is 5.91 Å². The lowest BCUT2D eigenvalue weighted by Crippen LogP contribution is -2.55. The van der Waals surface area contributed by atoms with Crippen LogP contribution >= 0.6 is 0 Å². The molecule has 0 aromatic carbocycles. The fourth-order valence-electron chi connectivity index (χ4n) is 3.67. The first kappa shape index (κ1) is 18.7. The number of carbonyl (C=O) groups excluding carboxylic acids is 1. The molecule has 1 aromatic rings. The van der Waals surface area contributed by atoms with Crippen LogP contribution in [0.2, 0.25) is 0 Å². The molecule has 1 unspecified atom stereocenters. The number of nitrogens with zero attached hydrogens (tertiary/aromatic N) is 6. The van der Waals surface area contributed by atoms with Gasteiger partial charge in [-0.25, -0.2) is 0 Å². The number of likely N-dealkylation sites (tertiary alicyclic amines) is 1. The van der Waals surface area contributed by atoms with E-state index < -0.39 is 0 Å². The first-order valence-corrected chi connectivity index (χ1v) is 9.65. The predicted molar refractivity (Wildman–Crippen MR) is 103 cm³/mol. The second kappa shape index (κ2) is 8.53. The minimum atomic E-state index is 0.0906. The van der Waals surface area contributed by atoms with Gasteiger partial charge in [-0.3, -0.25) is 14.5 Å². The van der Waals surface area contributed by atoms with Crippen molar-refractivity contribution in [2.75, 3.05) is 57.3 Å². The van der Waals surface area contributed by atoms with Gasteiger partial charge < -0.3 is 20.0 Å². The van der Waals surface area contributed by atoms with Gasteiger partial charge in [-0.1, -0.05) is 6.92 Å². The summed E-state index contributed by atoms with van der Waals surface area (Å²) in [7, 11) is 1.86. The summed E-state index contributed by atoms with van der Waals surface area (Å²) in [6.45, 7) is 11.1. The zero-order valence-electron chi connectivity index (χ0n) is 16.2. The van der Waals surface area contributed by atoms with E-state index >= 15 is 0 Å². The highest BCUT2D eigenvalue weighted by Gasteiger charge is 2.28. The average Bonchev–Trinajstić information content (AvgIpc) is 3.27. The molecule has 1 aromatic heterocycles. The number of nitrogens with one attached hydrogen (secondary N) is 1. The van der Waals surface area contributed by atoms with E-state index in [1.54, 1.807) is 10.9 Å². The number of aromatic nitrogens is 2. The summed E-state index contributed by atoms with van der Waals surface area (Å²) in [6.07, 6.45) is 4.84. The molecule has 1 atom stereocenters. The lowest BCUT2D eigenvalue weighted by Gasteiger charge is -2.35. The van der Waals surface area contributed by atoms with Crippen molar-refractivity contribution in [2.45, 2.75) is 20.3 Å². The van der Waals surface area contributed by atoms with Gasteiger partial charge in [-0.15, -0.1) is 0 Å². The van der Waals surface area contributed by atoms with Crippen molar-refractivity contribution in [3.05, 3.63) is 12.4 Å². The van der Waals surface area contributed by atoms with Crippen LogP contribution in [0.15, 0.2) is 17.4 Å². The quantitative estimate of drug-likeness (QED) is 0.606. The molecule has 2 saturated heterocycles. The maximum Gasteiger partial charge on any atom is 0.246 e. The van der Waals surface area contributed by atoms with E-state index in [-0.39, 0.29) is 5.91 Å². The Bertz CT molecular complexity index is 641. The summed E-state index contributed by atoms with van der Waals surface area (Å²) >= 11 is 0. The third-order valence-corrected chi connectivity index (χ3v) is 5.17. The number of rotatable bonds is 5. The number of hydrogen-bond donors (Lipinski definition) is 1. The summed E-state index contributed by atoms with van der Waals surface area (Å²) in [4.78, 5) is 23.8. The maximum absolute atomic E-state index is 12.6. The zero-order valence-corrected chi connectivity index (χ0v) is 16.2. The molecule has 8 nitrogen and oxygen atoms in total. The van der Waals surface area contributed by atoms with Crippen molar-refractivity contribution in [2.24, 2.45) is 18.0 Å². The predicted octanol–water partition coefficient (Wildman–Crippen LogP) is 0.376. The van der Waals surface area contributed by atoms with E-state index in [1.165, 1.54) is 13.0 Å². The number of aliphatic imine (C=N–C) groups is 1. The summed E-state index contributed by atoms with van der Waals surface area (Å²) in [5.41, 5.74) is 0.865. The molecule has 26 heavy (non-hydrogen) atoms. The first-order chi connectivity index (χ1) is 12.6. The Balaban J connectivity index is 1.60. The SMILES string of the molecule is CCNC(=NCC1CCN(CC)C1)N1CCN(c2cnn(C)c2)C(=O)C1. The van der Waals surface area contributed by atoms with Crippen LogP contribution in [0.1, 0.15) is 20.3 Å². The third kappa shape index (κ3) is 4.35. The molecule has 2 fully saturated rings. The van der Waals surface area contributed by atoms with Crippen molar-refractivity contribution < 1.29 is 4.79 Å². The summed E-state index contributed by atoms with van der Waals surface area (Å²) in [6, 6.07) is 0. The Hall–Kier alpha value is -2.09. The Morgan fingerprint density at radius 2 is 2.19 bits per heavy atom. The van der Waals surface area contributed by atoms with Crippen LogP contribution in [0.5, 0.6) is 0 Å². The van der Waals surface area contributed by atoms with Crippen molar-refractivity contribution in [1.82, 2.24) is 24.9 Å². The number of anilines is 1. The Kier molecular flexibility index (Phi) is 6.13. The van der Waals surface area contributed by atoms with Gasteiger partial charge >= 0.3 is 0 Å². The van der Waals surface area contributed by atoms with Crippen LogP contribution in [0.3, 0.4) is 0 Å². The number of aryl methyl sites for hydroxylation is 1. The first-order valence-electron chi connectivity index (χ1n) is 9.65. The van der Waals surface area contributed by atoms with Crippen LogP contribution in [-0.4, -0.2) is 83.8 Å². The molecule has 2 aliphatic rings. The fourth-order valence-corrected chi connectivity index (χ4v) is 3.67. The molecule has 0 spiro atoms. The van der Waals surface area contributed by atoms with E-state index in [9.17, 15) is 4.79 Å². The molecule has 2 aliphatic heterocycles. The Morgan fingerprint density at radius 1 is 1.35 bits per heavy atom. The smallest absolute Gasteiger partial charge is 0.246 e. The van der Waals surface area contributed by atoms with Gasteiger partial charge in [0.15, 0.2) is 5.96 Å². The number of piperazine rings is 1. The topological polar surface area (TPSA) is 69.0 Å². The lowest BCUT2D eigenvalue weighted by molar-refractivity contribution is -0.120. The van der Waals surface area contributed by atoms with E-state index in [1.807, 2.05) is 18.1 Å². The lowest BCUT2D eigenvalue weighted by atomic mass is 10.1. The molecule has 1 N–H and O–H groups in total. The minimum Gasteiger partial charge on any atom is -0.357 e. The zero-order chi connectivity index (χ0) is 18.5. The molecule has 0 aliphatic carbocycles. The number of guanidine groups is 1. The van der Waals surface area contributed by atoms with Gasteiger partial charge in [0.1, 0.15) is 6.54 Å². The highest BCUT2D eigenvalue weighted by atomic mass is 16.2. The van der Waals surface area contributed by atoms with Crippen LogP contribution in [0.25, 0.3) is 0 Å². The van der Waals surface area contributed by atoms with E-state index in [0.29, 0.717) is 19.0 Å². The Morgan fingerprint density at radius 3 is 2.81 bits per heavy atom. The molecule has 0 saturated carbocycles. The van der Waals surface area contributed by atoms with E-state index in [2.05, 4.69) is 34.1 Å². The van der Waals surface area contributed by atoms with Crippen molar-refractivity contribution in [3.8, 4) is 0 Å². The summed E-state index contributed by atoms with van der Waals surface area (Å²) in [5, 5.41) is 7.52. The van der Waals surface area contributed by atoms with Crippen molar-refractivity contribution >= 4 is 17.6 Å². The number of carbonyl (C=O) groups is 1. The summed E-state index contributed by atoms with van der Waals surface area (Å²) < 4.78 is 1.72. The molecule has 3 rings (SSSR count).